The summed E-state index contributed by atoms with van der Waals surface area (Å²) in [5.41, 5.74) is 10.3. The average Bonchev–Trinajstić information content (AvgIpc) is 2.50. The molecule has 0 spiro atoms. The Morgan fingerprint density at radius 2 is 2.25 bits per heavy atom. The van der Waals surface area contributed by atoms with Crippen LogP contribution in [0.1, 0.15) is 30.5 Å². The number of azide groups is 1. The minimum absolute atomic E-state index is 0.310. The van der Waals surface area contributed by atoms with Crippen LogP contribution in [0, 0.1) is 0 Å². The molecule has 0 aliphatic carbocycles. The van der Waals surface area contributed by atoms with Crippen molar-refractivity contribution in [3.63, 3.8) is 0 Å². The minimum atomic E-state index is -0.484. The van der Waals surface area contributed by atoms with Crippen molar-refractivity contribution >= 4 is 5.97 Å². The Balaban J connectivity index is 2.78. The third-order valence-electron chi connectivity index (χ3n) is 3.03. The zero-order chi connectivity index (χ0) is 14.8. The summed E-state index contributed by atoms with van der Waals surface area (Å²) in [4.78, 5) is 14.6. The summed E-state index contributed by atoms with van der Waals surface area (Å²) >= 11 is 0. The molecule has 1 unspecified atom stereocenters. The summed E-state index contributed by atoms with van der Waals surface area (Å²) in [5, 5.41) is 6.63. The van der Waals surface area contributed by atoms with E-state index < -0.39 is 6.04 Å². The predicted molar refractivity (Wildman–Crippen MR) is 77.2 cm³/mol. The zero-order valence-corrected chi connectivity index (χ0v) is 11.9. The molecule has 0 saturated carbocycles. The topological polar surface area (TPSA) is 87.1 Å². The number of nitrogens with one attached hydrogen (secondary N) is 1. The number of esters is 1. The van der Waals surface area contributed by atoms with Crippen molar-refractivity contribution in [2.45, 2.75) is 25.8 Å². The lowest BCUT2D eigenvalue weighted by molar-refractivity contribution is -0.143. The Bertz CT molecular complexity index is 484. The van der Waals surface area contributed by atoms with Crippen molar-refractivity contribution < 1.29 is 9.53 Å². The molecule has 0 aromatic heterocycles. The number of aryl methyl sites for hydroxylation is 1. The van der Waals surface area contributed by atoms with E-state index in [0.717, 1.165) is 17.5 Å². The number of carbonyl (C=O) groups is 1. The van der Waals surface area contributed by atoms with Gasteiger partial charge in [0.25, 0.3) is 0 Å². The molecule has 0 radical (unpaired) electrons. The summed E-state index contributed by atoms with van der Waals surface area (Å²) in [6.45, 7) is 3.04. The molecular formula is C14H20N4O2. The zero-order valence-electron chi connectivity index (χ0n) is 11.9. The number of hydrogen-bond donors (Lipinski definition) is 1. The fraction of sp³-hybridized carbons (Fsp3) is 0.500. The molecule has 0 aliphatic rings. The fourth-order valence-corrected chi connectivity index (χ4v) is 2.02. The average molecular weight is 276 g/mol. The highest BCUT2D eigenvalue weighted by Crippen LogP contribution is 2.20. The van der Waals surface area contributed by atoms with Crippen LogP contribution in [-0.4, -0.2) is 26.2 Å². The van der Waals surface area contributed by atoms with E-state index in [1.54, 1.807) is 0 Å². The van der Waals surface area contributed by atoms with Crippen LogP contribution in [0.5, 0.6) is 0 Å². The molecule has 0 saturated heterocycles. The van der Waals surface area contributed by atoms with Gasteiger partial charge >= 0.3 is 5.97 Å². The van der Waals surface area contributed by atoms with Crippen molar-refractivity contribution in [3.8, 4) is 0 Å². The lowest BCUT2D eigenvalue weighted by Crippen LogP contribution is -2.31. The number of methoxy groups -OCH3 is 1. The first kappa shape index (κ1) is 16.0. The van der Waals surface area contributed by atoms with Crippen molar-refractivity contribution in [1.82, 2.24) is 5.32 Å². The second-order valence-corrected chi connectivity index (χ2v) is 4.27. The van der Waals surface area contributed by atoms with Gasteiger partial charge in [-0.05, 0) is 36.0 Å². The van der Waals surface area contributed by atoms with Gasteiger partial charge in [0, 0.05) is 11.5 Å². The first-order chi connectivity index (χ1) is 9.74. The summed E-state index contributed by atoms with van der Waals surface area (Å²) in [6, 6.07) is 7.32. The third kappa shape index (κ3) is 4.57. The van der Waals surface area contributed by atoms with E-state index >= 15 is 0 Å². The van der Waals surface area contributed by atoms with Gasteiger partial charge in [-0.3, -0.25) is 0 Å². The van der Waals surface area contributed by atoms with Crippen LogP contribution in [0.4, 0.5) is 0 Å². The Hall–Kier alpha value is -2.04. The number of nitrogens with zero attached hydrogens (tertiary/aromatic N) is 3. The largest absolute Gasteiger partial charge is 0.468 e. The van der Waals surface area contributed by atoms with Crippen LogP contribution in [0.25, 0.3) is 10.4 Å². The maximum absolute atomic E-state index is 11.9. The molecule has 1 aromatic carbocycles. The maximum atomic E-state index is 11.9. The van der Waals surface area contributed by atoms with E-state index in [0.29, 0.717) is 19.5 Å². The van der Waals surface area contributed by atoms with Crippen LogP contribution in [-0.2, 0) is 16.0 Å². The molecule has 0 aliphatic heterocycles. The number of hydrogen-bond acceptors (Lipinski definition) is 4. The lowest BCUT2D eigenvalue weighted by Gasteiger charge is -2.19. The standard InChI is InChI=1S/C14H20N4O2/c1-3-11-7-4-5-8-12(11)13(14(19)20-2)16-9-6-10-17-18-15/h4-5,7-8,13,16H,3,6,9-10H2,1-2H3. The maximum Gasteiger partial charge on any atom is 0.327 e. The van der Waals surface area contributed by atoms with E-state index in [1.807, 2.05) is 24.3 Å². The number of carbonyl (C=O) groups excluding carboxylic acids is 1. The van der Waals surface area contributed by atoms with Gasteiger partial charge in [0.2, 0.25) is 0 Å². The van der Waals surface area contributed by atoms with Crippen LogP contribution in [0.15, 0.2) is 29.4 Å². The second-order valence-electron chi connectivity index (χ2n) is 4.27. The van der Waals surface area contributed by atoms with Crippen LogP contribution in [0.2, 0.25) is 0 Å². The van der Waals surface area contributed by atoms with Gasteiger partial charge in [-0.15, -0.1) is 0 Å². The highest BCUT2D eigenvalue weighted by atomic mass is 16.5. The van der Waals surface area contributed by atoms with E-state index in [2.05, 4.69) is 22.3 Å². The molecule has 0 bridgehead atoms. The highest BCUT2D eigenvalue weighted by Gasteiger charge is 2.22. The molecule has 0 fully saturated rings. The van der Waals surface area contributed by atoms with Gasteiger partial charge in [0.1, 0.15) is 6.04 Å². The van der Waals surface area contributed by atoms with Crippen LogP contribution >= 0.6 is 0 Å². The number of benzene rings is 1. The Kier molecular flexibility index (Phi) is 7.17. The quantitative estimate of drug-likeness (QED) is 0.260. The minimum Gasteiger partial charge on any atom is -0.468 e. The molecule has 0 amide bonds. The normalized spacial score (nSPS) is 11.5. The predicted octanol–water partition coefficient (Wildman–Crippen LogP) is 2.75. The van der Waals surface area contributed by atoms with Crippen LogP contribution in [0.3, 0.4) is 0 Å². The van der Waals surface area contributed by atoms with Gasteiger partial charge < -0.3 is 10.1 Å². The van der Waals surface area contributed by atoms with Gasteiger partial charge in [-0.1, -0.05) is 36.3 Å². The van der Waals surface area contributed by atoms with Crippen LogP contribution < -0.4 is 5.32 Å². The first-order valence-electron chi connectivity index (χ1n) is 6.64. The van der Waals surface area contributed by atoms with Crippen molar-refractivity contribution in [2.24, 2.45) is 5.11 Å². The molecule has 1 rings (SSSR count). The van der Waals surface area contributed by atoms with E-state index in [4.69, 9.17) is 10.3 Å². The third-order valence-corrected chi connectivity index (χ3v) is 3.03. The summed E-state index contributed by atoms with van der Waals surface area (Å²) in [5.74, 6) is -0.310. The molecular weight excluding hydrogens is 256 g/mol. The van der Waals surface area contributed by atoms with Gasteiger partial charge in [-0.2, -0.15) is 0 Å². The van der Waals surface area contributed by atoms with Crippen molar-refractivity contribution in [1.29, 1.82) is 0 Å². The SMILES string of the molecule is CCc1ccccc1C(NCCCN=[N+]=[N-])C(=O)OC. The Morgan fingerprint density at radius 1 is 1.50 bits per heavy atom. The summed E-state index contributed by atoms with van der Waals surface area (Å²) in [6.07, 6.45) is 1.52. The molecule has 6 heteroatoms. The molecule has 20 heavy (non-hydrogen) atoms. The first-order valence-corrected chi connectivity index (χ1v) is 6.64. The molecule has 1 aromatic rings. The van der Waals surface area contributed by atoms with Gasteiger partial charge in [0.15, 0.2) is 0 Å². The number of ether oxygens (including phenoxy) is 1. The molecule has 108 valence electrons. The summed E-state index contributed by atoms with van der Waals surface area (Å²) in [7, 11) is 1.38. The lowest BCUT2D eigenvalue weighted by atomic mass is 9.98. The van der Waals surface area contributed by atoms with E-state index in [-0.39, 0.29) is 5.97 Å². The number of rotatable bonds is 8. The molecule has 1 atom stereocenters. The van der Waals surface area contributed by atoms with Gasteiger partial charge in [0.05, 0.1) is 7.11 Å². The van der Waals surface area contributed by atoms with E-state index in [9.17, 15) is 4.79 Å². The molecule has 1 N–H and O–H groups in total. The summed E-state index contributed by atoms with van der Waals surface area (Å²) < 4.78 is 4.86. The Labute approximate surface area is 118 Å². The van der Waals surface area contributed by atoms with Crippen molar-refractivity contribution in [2.75, 3.05) is 20.2 Å². The smallest absolute Gasteiger partial charge is 0.327 e. The second kappa shape index (κ2) is 8.96. The van der Waals surface area contributed by atoms with Crippen molar-refractivity contribution in [3.05, 3.63) is 45.8 Å². The Morgan fingerprint density at radius 3 is 2.90 bits per heavy atom. The monoisotopic (exact) mass is 276 g/mol. The fourth-order valence-electron chi connectivity index (χ4n) is 2.02. The molecule has 0 heterocycles. The molecule has 6 nitrogen and oxygen atoms in total. The van der Waals surface area contributed by atoms with E-state index in [1.165, 1.54) is 7.11 Å². The highest BCUT2D eigenvalue weighted by molar-refractivity contribution is 5.78. The van der Waals surface area contributed by atoms with Gasteiger partial charge in [-0.25, -0.2) is 4.79 Å².